The Bertz CT molecular complexity index is 536. The third kappa shape index (κ3) is 1.85. The molecular formula is C12H13N3O2. The summed E-state index contributed by atoms with van der Waals surface area (Å²) in [6.45, 7) is 0.903. The van der Waals surface area contributed by atoms with E-state index >= 15 is 0 Å². The molecule has 5 nitrogen and oxygen atoms in total. The highest BCUT2D eigenvalue weighted by molar-refractivity contribution is 5.64. The van der Waals surface area contributed by atoms with E-state index in [-0.39, 0.29) is 6.79 Å². The second kappa shape index (κ2) is 4.10. The highest BCUT2D eigenvalue weighted by atomic mass is 16.7. The Balaban J connectivity index is 1.92. The zero-order valence-corrected chi connectivity index (χ0v) is 9.27. The van der Waals surface area contributed by atoms with Crippen molar-refractivity contribution in [2.75, 3.05) is 13.3 Å². The van der Waals surface area contributed by atoms with Crippen molar-refractivity contribution in [2.24, 2.45) is 5.73 Å². The predicted octanol–water partition coefficient (Wildman–Crippen LogP) is 1.31. The Morgan fingerprint density at radius 3 is 3.00 bits per heavy atom. The normalized spacial score (nSPS) is 13.0. The molecule has 2 aromatic rings. The van der Waals surface area contributed by atoms with Gasteiger partial charge in [-0.15, -0.1) is 0 Å². The van der Waals surface area contributed by atoms with Gasteiger partial charge in [-0.1, -0.05) is 0 Å². The van der Waals surface area contributed by atoms with E-state index in [4.69, 9.17) is 15.2 Å². The maximum absolute atomic E-state index is 5.50. The lowest BCUT2D eigenvalue weighted by molar-refractivity contribution is 0.174. The van der Waals surface area contributed by atoms with Crippen LogP contribution in [0.1, 0.15) is 5.69 Å². The first-order chi connectivity index (χ1) is 8.36. The molecule has 0 unspecified atom stereocenters. The lowest BCUT2D eigenvalue weighted by Crippen LogP contribution is -2.02. The fourth-order valence-electron chi connectivity index (χ4n) is 1.85. The fourth-order valence-corrected chi connectivity index (χ4v) is 1.85. The fraction of sp³-hybridized carbons (Fsp3) is 0.250. The Morgan fingerprint density at radius 1 is 1.24 bits per heavy atom. The molecule has 1 aromatic carbocycles. The lowest BCUT2D eigenvalue weighted by Gasteiger charge is -1.98. The molecule has 0 bridgehead atoms. The number of nitrogens with two attached hydrogens (primary N) is 1. The highest BCUT2D eigenvalue weighted by Gasteiger charge is 2.14. The minimum Gasteiger partial charge on any atom is -0.454 e. The van der Waals surface area contributed by atoms with Gasteiger partial charge in [0.15, 0.2) is 11.5 Å². The molecule has 1 aromatic heterocycles. The standard InChI is InChI=1S/C12H13N3O2/c13-4-3-9-6-10(15-14-9)8-1-2-11-12(5-8)17-7-16-11/h1-2,5-6H,3-4,7,13H2,(H,14,15). The highest BCUT2D eigenvalue weighted by Crippen LogP contribution is 2.35. The van der Waals surface area contributed by atoms with Gasteiger partial charge in [0.25, 0.3) is 0 Å². The van der Waals surface area contributed by atoms with Gasteiger partial charge >= 0.3 is 0 Å². The Morgan fingerprint density at radius 2 is 2.12 bits per heavy atom. The van der Waals surface area contributed by atoms with Crippen molar-refractivity contribution in [3.8, 4) is 22.8 Å². The van der Waals surface area contributed by atoms with E-state index in [1.165, 1.54) is 0 Å². The molecule has 3 N–H and O–H groups in total. The van der Waals surface area contributed by atoms with Crippen molar-refractivity contribution in [1.29, 1.82) is 0 Å². The molecule has 5 heteroatoms. The summed E-state index contributed by atoms with van der Waals surface area (Å²) in [5.74, 6) is 1.55. The van der Waals surface area contributed by atoms with Gasteiger partial charge in [0, 0.05) is 17.7 Å². The number of rotatable bonds is 3. The van der Waals surface area contributed by atoms with E-state index in [0.29, 0.717) is 6.54 Å². The van der Waals surface area contributed by atoms with Crippen molar-refractivity contribution < 1.29 is 9.47 Å². The SMILES string of the molecule is NCCc1cc(-c2ccc3c(c2)OCO3)n[nH]1. The topological polar surface area (TPSA) is 73.2 Å². The van der Waals surface area contributed by atoms with Crippen molar-refractivity contribution in [1.82, 2.24) is 10.2 Å². The summed E-state index contributed by atoms with van der Waals surface area (Å²) >= 11 is 0. The number of nitrogens with one attached hydrogen (secondary N) is 1. The van der Waals surface area contributed by atoms with Gasteiger partial charge in [0.1, 0.15) is 0 Å². The van der Waals surface area contributed by atoms with Crippen LogP contribution in [-0.4, -0.2) is 23.5 Å². The summed E-state index contributed by atoms with van der Waals surface area (Å²) in [5, 5.41) is 7.22. The van der Waals surface area contributed by atoms with Crippen LogP contribution in [0.25, 0.3) is 11.3 Å². The van der Waals surface area contributed by atoms with Crippen molar-refractivity contribution in [3.63, 3.8) is 0 Å². The average molecular weight is 231 g/mol. The Hall–Kier alpha value is -2.01. The number of fused-ring (bicyclic) bond motifs is 1. The third-order valence-electron chi connectivity index (χ3n) is 2.71. The number of hydrogen-bond acceptors (Lipinski definition) is 4. The van der Waals surface area contributed by atoms with Gasteiger partial charge in [-0.05, 0) is 30.8 Å². The van der Waals surface area contributed by atoms with Gasteiger partial charge < -0.3 is 15.2 Å². The first-order valence-corrected chi connectivity index (χ1v) is 5.51. The summed E-state index contributed by atoms with van der Waals surface area (Å²) in [6, 6.07) is 7.81. The molecule has 88 valence electrons. The van der Waals surface area contributed by atoms with Crippen LogP contribution in [0.5, 0.6) is 11.5 Å². The molecule has 0 fully saturated rings. The van der Waals surface area contributed by atoms with Crippen LogP contribution in [0.3, 0.4) is 0 Å². The molecule has 3 rings (SSSR count). The quantitative estimate of drug-likeness (QED) is 0.835. The number of H-pyrrole nitrogens is 1. The van der Waals surface area contributed by atoms with Crippen LogP contribution in [0.2, 0.25) is 0 Å². The van der Waals surface area contributed by atoms with E-state index in [2.05, 4.69) is 10.2 Å². The van der Waals surface area contributed by atoms with Gasteiger partial charge in [0.05, 0.1) is 5.69 Å². The van der Waals surface area contributed by atoms with E-state index < -0.39 is 0 Å². The van der Waals surface area contributed by atoms with Crippen LogP contribution in [0.15, 0.2) is 24.3 Å². The zero-order valence-electron chi connectivity index (χ0n) is 9.27. The molecular weight excluding hydrogens is 218 g/mol. The summed E-state index contributed by atoms with van der Waals surface area (Å²) in [6.07, 6.45) is 0.803. The molecule has 0 amide bonds. The largest absolute Gasteiger partial charge is 0.454 e. The second-order valence-electron chi connectivity index (χ2n) is 3.89. The van der Waals surface area contributed by atoms with Crippen LogP contribution in [-0.2, 0) is 6.42 Å². The molecule has 0 saturated carbocycles. The maximum atomic E-state index is 5.50. The lowest BCUT2D eigenvalue weighted by atomic mass is 10.1. The molecule has 1 aliphatic rings. The predicted molar refractivity (Wildman–Crippen MR) is 62.9 cm³/mol. The number of aromatic nitrogens is 2. The number of hydrogen-bond donors (Lipinski definition) is 2. The number of aromatic amines is 1. The van der Waals surface area contributed by atoms with Crippen molar-refractivity contribution >= 4 is 0 Å². The third-order valence-corrected chi connectivity index (χ3v) is 2.71. The molecule has 0 saturated heterocycles. The number of benzene rings is 1. The minimum atomic E-state index is 0.289. The summed E-state index contributed by atoms with van der Waals surface area (Å²) < 4.78 is 10.6. The van der Waals surface area contributed by atoms with Crippen LogP contribution in [0.4, 0.5) is 0 Å². The van der Waals surface area contributed by atoms with Crippen LogP contribution < -0.4 is 15.2 Å². The Kier molecular flexibility index (Phi) is 2.45. The van der Waals surface area contributed by atoms with Gasteiger partial charge in [-0.3, -0.25) is 5.10 Å². The van der Waals surface area contributed by atoms with Gasteiger partial charge in [0.2, 0.25) is 6.79 Å². The maximum Gasteiger partial charge on any atom is 0.231 e. The first-order valence-electron chi connectivity index (χ1n) is 5.51. The van der Waals surface area contributed by atoms with Gasteiger partial charge in [-0.2, -0.15) is 5.10 Å². The number of ether oxygens (including phenoxy) is 2. The summed E-state index contributed by atoms with van der Waals surface area (Å²) in [5.41, 5.74) is 8.44. The van der Waals surface area contributed by atoms with Crippen LogP contribution in [0, 0.1) is 0 Å². The summed E-state index contributed by atoms with van der Waals surface area (Å²) in [7, 11) is 0. The minimum absolute atomic E-state index is 0.289. The van der Waals surface area contributed by atoms with E-state index in [0.717, 1.165) is 34.9 Å². The van der Waals surface area contributed by atoms with Crippen molar-refractivity contribution in [3.05, 3.63) is 30.0 Å². The van der Waals surface area contributed by atoms with E-state index in [1.54, 1.807) is 0 Å². The van der Waals surface area contributed by atoms with E-state index in [9.17, 15) is 0 Å². The molecule has 1 aliphatic heterocycles. The van der Waals surface area contributed by atoms with E-state index in [1.807, 2.05) is 24.3 Å². The smallest absolute Gasteiger partial charge is 0.231 e. The summed E-state index contributed by atoms with van der Waals surface area (Å²) in [4.78, 5) is 0. The molecule has 0 aliphatic carbocycles. The Labute approximate surface area is 98.5 Å². The second-order valence-corrected chi connectivity index (χ2v) is 3.89. The van der Waals surface area contributed by atoms with Crippen molar-refractivity contribution in [2.45, 2.75) is 6.42 Å². The molecule has 17 heavy (non-hydrogen) atoms. The van der Waals surface area contributed by atoms with Crippen LogP contribution >= 0.6 is 0 Å². The number of nitrogens with zero attached hydrogens (tertiary/aromatic N) is 1. The van der Waals surface area contributed by atoms with Gasteiger partial charge in [-0.25, -0.2) is 0 Å². The molecule has 0 atom stereocenters. The first kappa shape index (κ1) is 10.2. The molecule has 2 heterocycles. The molecule has 0 radical (unpaired) electrons. The zero-order chi connectivity index (χ0) is 11.7. The monoisotopic (exact) mass is 231 g/mol. The average Bonchev–Trinajstić information content (AvgIpc) is 2.96. The molecule has 0 spiro atoms.